The van der Waals surface area contributed by atoms with E-state index in [1.165, 1.54) is 12.0 Å². The Morgan fingerprint density at radius 2 is 2.06 bits per heavy atom. The van der Waals surface area contributed by atoms with Crippen LogP contribution in [0.3, 0.4) is 0 Å². The Kier molecular flexibility index (Phi) is 3.90. The van der Waals surface area contributed by atoms with Crippen LogP contribution in [0, 0.1) is 5.92 Å². The van der Waals surface area contributed by atoms with Crippen LogP contribution in [0.25, 0.3) is 0 Å². The van der Waals surface area contributed by atoms with Crippen LogP contribution in [-0.2, 0) is 24.2 Å². The van der Waals surface area contributed by atoms with Crippen LogP contribution in [0.15, 0.2) is 0 Å². The van der Waals surface area contributed by atoms with Gasteiger partial charge in [-0.2, -0.15) is 0 Å². The normalized spacial score (nSPS) is 20.9. The van der Waals surface area contributed by atoms with Crippen molar-refractivity contribution in [3.05, 3.63) is 0 Å². The molecule has 7 heteroatoms. The summed E-state index contributed by atoms with van der Waals surface area (Å²) in [7, 11) is -2.02. The first kappa shape index (κ1) is 13.0. The van der Waals surface area contributed by atoms with Gasteiger partial charge >= 0.3 is 5.97 Å². The van der Waals surface area contributed by atoms with Gasteiger partial charge in [-0.1, -0.05) is 0 Å². The number of likely N-dealkylation sites (tertiary alicyclic amines) is 1. The lowest BCUT2D eigenvalue weighted by Crippen LogP contribution is -2.34. The van der Waals surface area contributed by atoms with Crippen molar-refractivity contribution in [3.8, 4) is 0 Å². The lowest BCUT2D eigenvalue weighted by Gasteiger charge is -2.15. The number of carbonyl (C=O) groups is 2. The average molecular weight is 249 g/mol. The largest absolute Gasteiger partial charge is 0.469 e. The summed E-state index contributed by atoms with van der Waals surface area (Å²) in [6.07, 6.45) is 1.54. The molecule has 0 saturated carbocycles. The van der Waals surface area contributed by atoms with Gasteiger partial charge in [0.05, 0.1) is 13.0 Å². The second-order valence-electron chi connectivity index (χ2n) is 3.92. The molecule has 1 fully saturated rings. The Bertz CT molecular complexity index is 389. The highest BCUT2D eigenvalue weighted by Gasteiger charge is 2.32. The van der Waals surface area contributed by atoms with Crippen LogP contribution < -0.4 is 0 Å². The molecule has 1 aliphatic rings. The van der Waals surface area contributed by atoms with E-state index in [4.69, 9.17) is 0 Å². The number of carbonyl (C=O) groups excluding carboxylic acids is 2. The average Bonchev–Trinajstić information content (AvgIpc) is 2.62. The summed E-state index contributed by atoms with van der Waals surface area (Å²) in [6, 6.07) is 0. The maximum Gasteiger partial charge on any atom is 0.310 e. The predicted molar refractivity (Wildman–Crippen MR) is 56.4 cm³/mol. The van der Waals surface area contributed by atoms with Gasteiger partial charge in [-0.25, -0.2) is 8.42 Å². The van der Waals surface area contributed by atoms with Gasteiger partial charge in [0.2, 0.25) is 5.91 Å². The van der Waals surface area contributed by atoms with Crippen molar-refractivity contribution in [1.29, 1.82) is 0 Å². The molecule has 1 atom stereocenters. The van der Waals surface area contributed by atoms with Gasteiger partial charge in [0.1, 0.15) is 5.75 Å². The summed E-state index contributed by atoms with van der Waals surface area (Å²) in [6.45, 7) is 0.662. The van der Waals surface area contributed by atoms with Gasteiger partial charge in [0.15, 0.2) is 9.84 Å². The molecule has 1 saturated heterocycles. The number of esters is 1. The number of rotatable bonds is 3. The maximum atomic E-state index is 11.5. The second-order valence-corrected chi connectivity index (χ2v) is 6.06. The molecular formula is C9H15NO5S. The molecule has 0 aromatic carbocycles. The number of methoxy groups -OCH3 is 1. The van der Waals surface area contributed by atoms with Crippen molar-refractivity contribution in [2.24, 2.45) is 5.92 Å². The fourth-order valence-electron chi connectivity index (χ4n) is 1.66. The van der Waals surface area contributed by atoms with Crippen LogP contribution in [-0.4, -0.2) is 57.4 Å². The van der Waals surface area contributed by atoms with Crippen molar-refractivity contribution in [1.82, 2.24) is 4.90 Å². The molecule has 1 rings (SSSR count). The molecule has 1 heterocycles. The highest BCUT2D eigenvalue weighted by molar-refractivity contribution is 7.91. The lowest BCUT2D eigenvalue weighted by molar-refractivity contribution is -0.145. The minimum atomic E-state index is -3.31. The zero-order valence-corrected chi connectivity index (χ0v) is 10.1. The number of nitrogens with zero attached hydrogens (tertiary/aromatic N) is 1. The monoisotopic (exact) mass is 249 g/mol. The first-order valence-corrected chi connectivity index (χ1v) is 6.93. The van der Waals surface area contributed by atoms with E-state index in [1.807, 2.05) is 0 Å². The van der Waals surface area contributed by atoms with E-state index in [-0.39, 0.29) is 18.4 Å². The Balaban J connectivity index is 2.53. The number of sulfone groups is 1. The fraction of sp³-hybridized carbons (Fsp3) is 0.778. The molecule has 0 radical (unpaired) electrons. The van der Waals surface area contributed by atoms with Gasteiger partial charge < -0.3 is 9.64 Å². The van der Waals surface area contributed by atoms with Gasteiger partial charge in [0, 0.05) is 19.3 Å². The number of hydrogen-bond donors (Lipinski definition) is 0. The van der Waals surface area contributed by atoms with Crippen LogP contribution >= 0.6 is 0 Å². The summed E-state index contributed by atoms with van der Waals surface area (Å²) >= 11 is 0. The Morgan fingerprint density at radius 3 is 2.56 bits per heavy atom. The Hall–Kier alpha value is -1.11. The first-order valence-electron chi connectivity index (χ1n) is 4.87. The summed E-state index contributed by atoms with van der Waals surface area (Å²) < 4.78 is 26.4. The molecule has 0 aromatic rings. The summed E-state index contributed by atoms with van der Waals surface area (Å²) in [5, 5.41) is 0. The van der Waals surface area contributed by atoms with E-state index in [0.29, 0.717) is 13.0 Å². The Morgan fingerprint density at radius 1 is 1.44 bits per heavy atom. The maximum absolute atomic E-state index is 11.5. The molecule has 0 bridgehead atoms. The zero-order valence-electron chi connectivity index (χ0n) is 9.30. The SMILES string of the molecule is COC(=O)C1CCN(C(=O)CS(C)(=O)=O)C1. The van der Waals surface area contributed by atoms with Crippen molar-refractivity contribution < 1.29 is 22.7 Å². The molecule has 1 unspecified atom stereocenters. The molecule has 0 aliphatic carbocycles. The summed E-state index contributed by atoms with van der Waals surface area (Å²) in [5.74, 6) is -1.63. The van der Waals surface area contributed by atoms with Crippen LogP contribution in [0.2, 0.25) is 0 Å². The van der Waals surface area contributed by atoms with Crippen molar-refractivity contribution in [2.75, 3.05) is 32.2 Å². The molecule has 1 amide bonds. The third-order valence-corrected chi connectivity index (χ3v) is 3.23. The molecule has 0 spiro atoms. The third-order valence-electron chi connectivity index (χ3n) is 2.46. The van der Waals surface area contributed by atoms with Gasteiger partial charge in [-0.15, -0.1) is 0 Å². The van der Waals surface area contributed by atoms with Crippen LogP contribution in [0.4, 0.5) is 0 Å². The second kappa shape index (κ2) is 4.82. The van der Waals surface area contributed by atoms with E-state index in [9.17, 15) is 18.0 Å². The minimum absolute atomic E-state index is 0.251. The van der Waals surface area contributed by atoms with E-state index in [1.54, 1.807) is 0 Å². The predicted octanol–water partition coefficient (Wildman–Crippen LogP) is -0.947. The van der Waals surface area contributed by atoms with Crippen LogP contribution in [0.5, 0.6) is 0 Å². The van der Waals surface area contributed by atoms with E-state index in [0.717, 1.165) is 6.26 Å². The number of amides is 1. The molecule has 16 heavy (non-hydrogen) atoms. The zero-order chi connectivity index (χ0) is 12.3. The highest BCUT2D eigenvalue weighted by Crippen LogP contribution is 2.17. The molecular weight excluding hydrogens is 234 g/mol. The van der Waals surface area contributed by atoms with Crippen LogP contribution in [0.1, 0.15) is 6.42 Å². The quantitative estimate of drug-likeness (QED) is 0.603. The Labute approximate surface area is 94.5 Å². The lowest BCUT2D eigenvalue weighted by atomic mass is 10.1. The molecule has 0 N–H and O–H groups in total. The molecule has 92 valence electrons. The van der Waals surface area contributed by atoms with E-state index < -0.39 is 21.5 Å². The van der Waals surface area contributed by atoms with Crippen molar-refractivity contribution >= 4 is 21.7 Å². The highest BCUT2D eigenvalue weighted by atomic mass is 32.2. The summed E-state index contributed by atoms with van der Waals surface area (Å²) in [4.78, 5) is 24.1. The fourth-order valence-corrected chi connectivity index (χ4v) is 2.29. The topological polar surface area (TPSA) is 80.8 Å². The van der Waals surface area contributed by atoms with Crippen molar-refractivity contribution in [3.63, 3.8) is 0 Å². The minimum Gasteiger partial charge on any atom is -0.469 e. The van der Waals surface area contributed by atoms with E-state index in [2.05, 4.69) is 4.74 Å². The number of hydrogen-bond acceptors (Lipinski definition) is 5. The van der Waals surface area contributed by atoms with E-state index >= 15 is 0 Å². The third kappa shape index (κ3) is 3.48. The first-order chi connectivity index (χ1) is 7.33. The summed E-state index contributed by atoms with van der Waals surface area (Å²) in [5.41, 5.74) is 0. The smallest absolute Gasteiger partial charge is 0.310 e. The molecule has 6 nitrogen and oxygen atoms in total. The van der Waals surface area contributed by atoms with Crippen molar-refractivity contribution in [2.45, 2.75) is 6.42 Å². The van der Waals surface area contributed by atoms with Gasteiger partial charge in [-0.3, -0.25) is 9.59 Å². The molecule has 0 aromatic heterocycles. The van der Waals surface area contributed by atoms with Gasteiger partial charge in [0.25, 0.3) is 0 Å². The molecule has 1 aliphatic heterocycles. The number of ether oxygens (including phenoxy) is 1. The standard InChI is InChI=1S/C9H15NO5S/c1-15-9(12)7-3-4-10(5-7)8(11)6-16(2,13)14/h7H,3-6H2,1-2H3. The van der Waals surface area contributed by atoms with Gasteiger partial charge in [-0.05, 0) is 6.42 Å².